The van der Waals surface area contributed by atoms with E-state index in [4.69, 9.17) is 18.1 Å². The molecule has 1 aromatic heterocycles. The van der Waals surface area contributed by atoms with Crippen LogP contribution in [0.25, 0.3) is 5.69 Å². The summed E-state index contributed by atoms with van der Waals surface area (Å²) in [5, 5.41) is 14.8. The molecule has 0 bridgehead atoms. The molecule has 0 atom stereocenters. The maximum Gasteiger partial charge on any atom is 0.319 e. The minimum atomic E-state index is -0.729. The highest BCUT2D eigenvalue weighted by Crippen LogP contribution is 2.18. The van der Waals surface area contributed by atoms with E-state index in [0.29, 0.717) is 5.69 Å². The standard InChI is InChI=1S/C11H11N7O3S/c12-14-11(22)16-15-9-8(18(20)21)6-13-17(10(9)19)7-4-2-1-3-5-7/h1-6,15H,12H2,(H2,14,16,22). The van der Waals surface area contributed by atoms with Crippen molar-refractivity contribution in [2.45, 2.75) is 0 Å². The molecule has 0 unspecified atom stereocenters. The molecular weight excluding hydrogens is 310 g/mol. The van der Waals surface area contributed by atoms with Gasteiger partial charge in [-0.1, -0.05) is 18.2 Å². The summed E-state index contributed by atoms with van der Waals surface area (Å²) in [5.41, 5.74) is 5.79. The molecule has 0 amide bonds. The van der Waals surface area contributed by atoms with E-state index in [1.165, 1.54) is 0 Å². The molecule has 0 aliphatic rings. The average molecular weight is 321 g/mol. The zero-order valence-electron chi connectivity index (χ0n) is 11.0. The molecule has 11 heteroatoms. The first kappa shape index (κ1) is 15.3. The minimum Gasteiger partial charge on any atom is -0.300 e. The largest absolute Gasteiger partial charge is 0.319 e. The number of aromatic nitrogens is 2. The summed E-state index contributed by atoms with van der Waals surface area (Å²) in [6.45, 7) is 0. The molecule has 0 saturated carbocycles. The number of hydrogen-bond donors (Lipinski definition) is 4. The van der Waals surface area contributed by atoms with Crippen LogP contribution in [0.4, 0.5) is 11.4 Å². The van der Waals surface area contributed by atoms with Crippen LogP contribution in [-0.4, -0.2) is 19.8 Å². The molecule has 114 valence electrons. The Morgan fingerprint density at radius 2 is 2.05 bits per heavy atom. The number of nitrogens with one attached hydrogen (secondary N) is 3. The van der Waals surface area contributed by atoms with Crippen molar-refractivity contribution in [3.05, 3.63) is 57.0 Å². The van der Waals surface area contributed by atoms with Gasteiger partial charge in [-0.05, 0) is 24.4 Å². The molecule has 0 radical (unpaired) electrons. The van der Waals surface area contributed by atoms with Crippen molar-refractivity contribution in [1.29, 1.82) is 0 Å². The zero-order chi connectivity index (χ0) is 16.1. The highest BCUT2D eigenvalue weighted by Gasteiger charge is 2.21. The van der Waals surface area contributed by atoms with Gasteiger partial charge in [-0.2, -0.15) is 9.78 Å². The Balaban J connectivity index is 2.50. The van der Waals surface area contributed by atoms with Gasteiger partial charge in [-0.25, -0.2) is 5.84 Å². The first-order valence-corrected chi connectivity index (χ1v) is 6.30. The lowest BCUT2D eigenvalue weighted by molar-refractivity contribution is -0.384. The Labute approximate surface area is 129 Å². The van der Waals surface area contributed by atoms with Crippen LogP contribution in [0, 0.1) is 10.1 Å². The molecule has 0 aliphatic carbocycles. The predicted molar refractivity (Wildman–Crippen MR) is 83.2 cm³/mol. The Morgan fingerprint density at radius 3 is 2.64 bits per heavy atom. The second kappa shape index (κ2) is 6.60. The number of nitrogens with zero attached hydrogens (tertiary/aromatic N) is 3. The Morgan fingerprint density at radius 1 is 1.36 bits per heavy atom. The highest BCUT2D eigenvalue weighted by molar-refractivity contribution is 7.80. The molecule has 0 spiro atoms. The summed E-state index contributed by atoms with van der Waals surface area (Å²) in [7, 11) is 0. The summed E-state index contributed by atoms with van der Waals surface area (Å²) < 4.78 is 1.02. The van der Waals surface area contributed by atoms with Gasteiger partial charge in [0.1, 0.15) is 6.20 Å². The van der Waals surface area contributed by atoms with Crippen LogP contribution in [0.1, 0.15) is 0 Å². The minimum absolute atomic E-state index is 0.0447. The smallest absolute Gasteiger partial charge is 0.300 e. The molecule has 5 N–H and O–H groups in total. The van der Waals surface area contributed by atoms with E-state index >= 15 is 0 Å². The van der Waals surface area contributed by atoms with Gasteiger partial charge in [0.2, 0.25) is 5.69 Å². The Kier molecular flexibility index (Phi) is 4.60. The molecule has 1 aromatic carbocycles. The van der Waals surface area contributed by atoms with Crippen molar-refractivity contribution in [3.63, 3.8) is 0 Å². The van der Waals surface area contributed by atoms with E-state index in [2.05, 4.69) is 21.4 Å². The molecular formula is C11H11N7O3S. The number of thiocarbonyl (C=S) groups is 1. The van der Waals surface area contributed by atoms with Gasteiger partial charge in [-0.3, -0.25) is 31.2 Å². The maximum absolute atomic E-state index is 12.4. The molecule has 0 aliphatic heterocycles. The number of rotatable bonds is 4. The number of benzene rings is 1. The first-order chi connectivity index (χ1) is 10.5. The van der Waals surface area contributed by atoms with Crippen LogP contribution in [0.3, 0.4) is 0 Å². The number of para-hydroxylation sites is 1. The van der Waals surface area contributed by atoms with E-state index < -0.39 is 16.2 Å². The molecule has 1 heterocycles. The molecule has 10 nitrogen and oxygen atoms in total. The van der Waals surface area contributed by atoms with Crippen molar-refractivity contribution in [2.24, 2.45) is 5.84 Å². The van der Waals surface area contributed by atoms with E-state index in [-0.39, 0.29) is 10.8 Å². The van der Waals surface area contributed by atoms with Crippen LogP contribution in [-0.2, 0) is 0 Å². The number of nitrogens with two attached hydrogens (primary N) is 1. The van der Waals surface area contributed by atoms with Crippen LogP contribution in [0.5, 0.6) is 0 Å². The van der Waals surface area contributed by atoms with E-state index in [1.807, 2.05) is 0 Å². The summed E-state index contributed by atoms with van der Waals surface area (Å²) in [4.78, 5) is 22.7. The number of hydrogen-bond acceptors (Lipinski definition) is 7. The SMILES string of the molecule is NNC(=S)NNc1c([N+](=O)[O-])cnn(-c2ccccc2)c1=O. The number of anilines is 1. The second-order valence-electron chi connectivity index (χ2n) is 3.94. The number of hydrazine groups is 2. The summed E-state index contributed by atoms with van der Waals surface area (Å²) >= 11 is 4.73. The van der Waals surface area contributed by atoms with Crippen LogP contribution < -0.4 is 27.7 Å². The molecule has 0 fully saturated rings. The highest BCUT2D eigenvalue weighted by atomic mass is 32.1. The van der Waals surface area contributed by atoms with Gasteiger partial charge in [0.25, 0.3) is 0 Å². The normalized spacial score (nSPS) is 9.86. The first-order valence-electron chi connectivity index (χ1n) is 5.89. The van der Waals surface area contributed by atoms with E-state index in [0.717, 1.165) is 10.9 Å². The topological polar surface area (TPSA) is 140 Å². The van der Waals surface area contributed by atoms with Gasteiger partial charge in [0.05, 0.1) is 10.6 Å². The van der Waals surface area contributed by atoms with Gasteiger partial charge >= 0.3 is 11.2 Å². The monoisotopic (exact) mass is 321 g/mol. The van der Waals surface area contributed by atoms with Crippen LogP contribution >= 0.6 is 12.2 Å². The van der Waals surface area contributed by atoms with Crippen LogP contribution in [0.2, 0.25) is 0 Å². The predicted octanol–water partition coefficient (Wildman–Crippen LogP) is -0.195. The lowest BCUT2D eigenvalue weighted by Gasteiger charge is -2.11. The van der Waals surface area contributed by atoms with Gasteiger partial charge in [0.15, 0.2) is 5.11 Å². The van der Waals surface area contributed by atoms with Crippen LogP contribution in [0.15, 0.2) is 41.3 Å². The van der Waals surface area contributed by atoms with E-state index in [9.17, 15) is 14.9 Å². The third kappa shape index (κ3) is 3.16. The third-order valence-electron chi connectivity index (χ3n) is 2.59. The Bertz CT molecular complexity index is 762. The Hall–Kier alpha value is -3.05. The second-order valence-corrected chi connectivity index (χ2v) is 4.35. The summed E-state index contributed by atoms with van der Waals surface area (Å²) in [6, 6.07) is 8.48. The van der Waals surface area contributed by atoms with E-state index in [1.54, 1.807) is 30.3 Å². The molecule has 2 aromatic rings. The van der Waals surface area contributed by atoms with Crippen molar-refractivity contribution < 1.29 is 4.92 Å². The zero-order valence-corrected chi connectivity index (χ0v) is 11.8. The third-order valence-corrected chi connectivity index (χ3v) is 2.81. The van der Waals surface area contributed by atoms with Gasteiger partial charge in [0, 0.05) is 0 Å². The lowest BCUT2D eigenvalue weighted by atomic mass is 10.3. The summed E-state index contributed by atoms with van der Waals surface area (Å²) in [6.07, 6.45) is 0.970. The lowest BCUT2D eigenvalue weighted by Crippen LogP contribution is -2.43. The average Bonchev–Trinajstić information content (AvgIpc) is 2.53. The van der Waals surface area contributed by atoms with Crippen molar-refractivity contribution in [1.82, 2.24) is 20.6 Å². The van der Waals surface area contributed by atoms with Crippen molar-refractivity contribution in [2.75, 3.05) is 5.43 Å². The molecule has 0 saturated heterocycles. The fraction of sp³-hybridized carbons (Fsp3) is 0. The van der Waals surface area contributed by atoms with Crippen molar-refractivity contribution in [3.8, 4) is 5.69 Å². The maximum atomic E-state index is 12.4. The van der Waals surface area contributed by atoms with Crippen molar-refractivity contribution >= 4 is 28.7 Å². The fourth-order valence-electron chi connectivity index (χ4n) is 1.61. The molecule has 22 heavy (non-hydrogen) atoms. The van der Waals surface area contributed by atoms with Gasteiger partial charge < -0.3 is 0 Å². The van der Waals surface area contributed by atoms with Gasteiger partial charge in [-0.15, -0.1) is 0 Å². The number of nitro groups is 1. The summed E-state index contributed by atoms with van der Waals surface area (Å²) in [5.74, 6) is 5.07. The fourth-order valence-corrected chi connectivity index (χ4v) is 1.66. The molecule has 2 rings (SSSR count). The quantitative estimate of drug-likeness (QED) is 0.261.